The maximum Gasteiger partial charge on any atom is 0.187 e. The molecule has 0 aromatic rings. The summed E-state index contributed by atoms with van der Waals surface area (Å²) < 4.78 is 11.7. The van der Waals surface area contributed by atoms with Crippen LogP contribution in [0.25, 0.3) is 0 Å². The van der Waals surface area contributed by atoms with Crippen LogP contribution >= 0.6 is 0 Å². The molecule has 3 aliphatic rings. The summed E-state index contributed by atoms with van der Waals surface area (Å²) in [5.74, 6) is 0.497. The molecule has 0 radical (unpaired) electrons. The maximum absolute atomic E-state index is 10.3. The molecule has 5 N–H and O–H groups in total. The number of aliphatic hydroxyl groups excluding tert-OH is 5. The van der Waals surface area contributed by atoms with E-state index in [1.807, 2.05) is 13.8 Å². The molecule has 3 rings (SSSR count). The quantitative estimate of drug-likeness (QED) is 0.441. The molecule has 2 saturated carbocycles. The van der Waals surface area contributed by atoms with Crippen LogP contribution in [0.4, 0.5) is 0 Å². The number of fused-ring (bicyclic) bond motifs is 1. The van der Waals surface area contributed by atoms with Gasteiger partial charge < -0.3 is 35.0 Å². The Morgan fingerprint density at radius 1 is 1.18 bits per heavy atom. The zero-order chi connectivity index (χ0) is 20.9. The summed E-state index contributed by atoms with van der Waals surface area (Å²) in [7, 11) is 0. The van der Waals surface area contributed by atoms with Gasteiger partial charge in [-0.3, -0.25) is 0 Å². The molecule has 9 atom stereocenters. The lowest BCUT2D eigenvalue weighted by molar-refractivity contribution is -0.330. The molecule has 1 aliphatic heterocycles. The minimum Gasteiger partial charge on any atom is -0.394 e. The highest BCUT2D eigenvalue weighted by Gasteiger charge is 2.51. The Labute approximate surface area is 167 Å². The second kappa shape index (κ2) is 7.95. The van der Waals surface area contributed by atoms with Gasteiger partial charge in [-0.25, -0.2) is 0 Å². The maximum atomic E-state index is 10.3. The van der Waals surface area contributed by atoms with Crippen molar-refractivity contribution in [3.8, 4) is 0 Å². The van der Waals surface area contributed by atoms with Crippen molar-refractivity contribution in [2.45, 2.75) is 95.3 Å². The van der Waals surface area contributed by atoms with E-state index < -0.39 is 42.9 Å². The summed E-state index contributed by atoms with van der Waals surface area (Å²) in [5.41, 5.74) is 0.491. The molecule has 3 fully saturated rings. The third-order valence-electron chi connectivity index (χ3n) is 7.37. The normalized spacial score (nSPS) is 47.6. The van der Waals surface area contributed by atoms with E-state index in [9.17, 15) is 25.5 Å². The van der Waals surface area contributed by atoms with Gasteiger partial charge in [0.2, 0.25) is 0 Å². The molecule has 0 amide bonds. The summed E-state index contributed by atoms with van der Waals surface area (Å²) in [6.45, 7) is 9.87. The first-order valence-corrected chi connectivity index (χ1v) is 10.3. The van der Waals surface area contributed by atoms with Gasteiger partial charge in [0.1, 0.15) is 24.4 Å². The first kappa shape index (κ1) is 22.2. The minimum atomic E-state index is -1.44. The van der Waals surface area contributed by atoms with Crippen LogP contribution in [0, 0.1) is 17.3 Å². The Kier molecular flexibility index (Phi) is 6.29. The predicted molar refractivity (Wildman–Crippen MR) is 102 cm³/mol. The van der Waals surface area contributed by atoms with Crippen molar-refractivity contribution in [2.24, 2.45) is 17.3 Å². The molecular weight excluding hydrogens is 364 g/mol. The van der Waals surface area contributed by atoms with Crippen molar-refractivity contribution in [3.63, 3.8) is 0 Å². The summed E-state index contributed by atoms with van der Waals surface area (Å²) in [6.07, 6.45) is -2.48. The van der Waals surface area contributed by atoms with E-state index >= 15 is 0 Å². The molecule has 28 heavy (non-hydrogen) atoms. The molecule has 2 aliphatic carbocycles. The standard InChI is InChI=1S/C21H36O7/c1-11-7-13(23)9-21(4)6-5-12(8-14(11)21)20(2,3)28-19-18(26)17(25)16(24)15(10-22)27-19/h12-19,22-26H,1,5-10H2,2-4H3/t12-,13+,14+,15-,16-,17+,18-,19+,21-/m1/s1. The Bertz CT molecular complexity index is 577. The van der Waals surface area contributed by atoms with Gasteiger partial charge in [-0.1, -0.05) is 19.1 Å². The number of hydrogen-bond acceptors (Lipinski definition) is 7. The van der Waals surface area contributed by atoms with Gasteiger partial charge in [0.05, 0.1) is 18.3 Å². The zero-order valence-corrected chi connectivity index (χ0v) is 17.1. The van der Waals surface area contributed by atoms with Gasteiger partial charge in [-0.2, -0.15) is 0 Å². The van der Waals surface area contributed by atoms with E-state index in [4.69, 9.17) is 9.47 Å². The van der Waals surface area contributed by atoms with Crippen LogP contribution in [0.3, 0.4) is 0 Å². The van der Waals surface area contributed by atoms with Gasteiger partial charge in [-0.05, 0) is 63.2 Å². The smallest absolute Gasteiger partial charge is 0.187 e. The van der Waals surface area contributed by atoms with Crippen LogP contribution in [0.5, 0.6) is 0 Å². The van der Waals surface area contributed by atoms with E-state index in [1.54, 1.807) is 0 Å². The average molecular weight is 401 g/mol. The molecule has 0 aromatic carbocycles. The number of rotatable bonds is 4. The molecule has 0 spiro atoms. The van der Waals surface area contributed by atoms with Crippen molar-refractivity contribution in [1.29, 1.82) is 0 Å². The second-order valence-electron chi connectivity index (χ2n) is 9.82. The number of aliphatic hydroxyl groups is 5. The first-order chi connectivity index (χ1) is 13.0. The average Bonchev–Trinajstić information content (AvgIpc) is 2.61. The van der Waals surface area contributed by atoms with Gasteiger partial charge in [0, 0.05) is 0 Å². The lowest BCUT2D eigenvalue weighted by Crippen LogP contribution is -2.61. The molecule has 0 unspecified atom stereocenters. The van der Waals surface area contributed by atoms with Crippen molar-refractivity contribution in [3.05, 3.63) is 12.2 Å². The lowest BCUT2D eigenvalue weighted by atomic mass is 9.55. The largest absolute Gasteiger partial charge is 0.394 e. The van der Waals surface area contributed by atoms with E-state index in [1.165, 1.54) is 0 Å². The molecular formula is C21H36O7. The van der Waals surface area contributed by atoms with E-state index in [0.29, 0.717) is 12.3 Å². The van der Waals surface area contributed by atoms with Crippen LogP contribution in [0.15, 0.2) is 12.2 Å². The number of ether oxygens (including phenoxy) is 2. The highest BCUT2D eigenvalue weighted by atomic mass is 16.7. The van der Waals surface area contributed by atoms with Crippen LogP contribution in [0.1, 0.15) is 52.9 Å². The fraction of sp³-hybridized carbons (Fsp3) is 0.905. The molecule has 0 aromatic heterocycles. The Morgan fingerprint density at radius 3 is 2.50 bits per heavy atom. The molecule has 162 valence electrons. The topological polar surface area (TPSA) is 120 Å². The molecule has 0 bridgehead atoms. The summed E-state index contributed by atoms with van der Waals surface area (Å²) >= 11 is 0. The van der Waals surface area contributed by atoms with Gasteiger partial charge in [-0.15, -0.1) is 0 Å². The predicted octanol–water partition coefficient (Wildman–Crippen LogP) is 0.715. The first-order valence-electron chi connectivity index (χ1n) is 10.3. The third kappa shape index (κ3) is 4.03. The Hall–Kier alpha value is -0.540. The lowest BCUT2D eigenvalue weighted by Gasteiger charge is -2.53. The SMILES string of the molecule is C=C1C[C@H](O)C[C@@]2(C)CC[C@@H](C(C)(C)O[C@@H]3O[C@H](CO)[C@@H](O)[C@H](O)[C@H]3O)C[C@@H]12. The van der Waals surface area contributed by atoms with Crippen molar-refractivity contribution < 1.29 is 35.0 Å². The van der Waals surface area contributed by atoms with Crippen molar-refractivity contribution in [2.75, 3.05) is 6.61 Å². The van der Waals surface area contributed by atoms with Crippen LogP contribution in [-0.2, 0) is 9.47 Å². The fourth-order valence-electron chi connectivity index (χ4n) is 5.52. The third-order valence-corrected chi connectivity index (χ3v) is 7.37. The highest BCUT2D eigenvalue weighted by Crippen LogP contribution is 2.55. The van der Waals surface area contributed by atoms with E-state index in [0.717, 1.165) is 31.3 Å². The fourth-order valence-corrected chi connectivity index (χ4v) is 5.52. The monoisotopic (exact) mass is 400 g/mol. The summed E-state index contributed by atoms with van der Waals surface area (Å²) in [4.78, 5) is 0. The van der Waals surface area contributed by atoms with Crippen molar-refractivity contribution in [1.82, 2.24) is 0 Å². The highest BCUT2D eigenvalue weighted by molar-refractivity contribution is 5.15. The Balaban J connectivity index is 1.70. The van der Waals surface area contributed by atoms with E-state index in [2.05, 4.69) is 13.5 Å². The molecule has 7 heteroatoms. The zero-order valence-electron chi connectivity index (χ0n) is 17.1. The van der Waals surface area contributed by atoms with Crippen LogP contribution in [-0.4, -0.2) is 74.6 Å². The Morgan fingerprint density at radius 2 is 1.86 bits per heavy atom. The molecule has 7 nitrogen and oxygen atoms in total. The van der Waals surface area contributed by atoms with Gasteiger partial charge >= 0.3 is 0 Å². The summed E-state index contributed by atoms with van der Waals surface area (Å²) in [5, 5.41) is 49.8. The number of hydrogen-bond donors (Lipinski definition) is 5. The summed E-state index contributed by atoms with van der Waals surface area (Å²) in [6, 6.07) is 0. The second-order valence-corrected chi connectivity index (χ2v) is 9.82. The molecule has 1 saturated heterocycles. The van der Waals surface area contributed by atoms with E-state index in [-0.39, 0.29) is 17.4 Å². The minimum absolute atomic E-state index is 0.0461. The van der Waals surface area contributed by atoms with Crippen LogP contribution < -0.4 is 0 Å². The molecule has 1 heterocycles. The van der Waals surface area contributed by atoms with Gasteiger partial charge in [0.15, 0.2) is 6.29 Å². The van der Waals surface area contributed by atoms with Crippen molar-refractivity contribution >= 4 is 0 Å². The van der Waals surface area contributed by atoms with Crippen LogP contribution in [0.2, 0.25) is 0 Å². The van der Waals surface area contributed by atoms with Gasteiger partial charge in [0.25, 0.3) is 0 Å².